The fourth-order valence-electron chi connectivity index (χ4n) is 10.3. The summed E-state index contributed by atoms with van der Waals surface area (Å²) in [7, 11) is -9.97. The molecule has 5 atom stereocenters. The van der Waals surface area contributed by atoms with Gasteiger partial charge in [-0.2, -0.15) is 0 Å². The first-order valence-corrected chi connectivity index (χ1v) is 41.8. The van der Waals surface area contributed by atoms with E-state index in [2.05, 4.69) is 101 Å². The van der Waals surface area contributed by atoms with Crippen LogP contribution in [0.15, 0.2) is 85.1 Å². The van der Waals surface area contributed by atoms with Crippen LogP contribution in [0.1, 0.15) is 336 Å². The SMILES string of the molecule is CCCCC/C=C\C/C=C\C/C=C\C/C=C\CCCC(=O)O[C@H](COC(=O)CCCCCCC/C=C\CCCCCCCC)COP(=O)(O)OC[C@H](O)COP(=O)(O)OC[C@@H](COC(=O)CCCCCCC/C=C\CCCCCC)OC(=O)CCCCCCC/C=C\CCCCCC. The lowest BCUT2D eigenvalue weighted by atomic mass is 10.1. The number of phosphoric acid groups is 2. The predicted molar refractivity (Wildman–Crippen MR) is 399 cm³/mol. The summed E-state index contributed by atoms with van der Waals surface area (Å²) in [4.78, 5) is 72.8. The summed E-state index contributed by atoms with van der Waals surface area (Å²) in [5.41, 5.74) is 0. The Morgan fingerprint density at radius 2 is 0.510 bits per heavy atom. The number of rotatable bonds is 73. The number of unbranched alkanes of at least 4 members (excludes halogenated alkanes) is 33. The summed E-state index contributed by atoms with van der Waals surface area (Å²) in [6.07, 6.45) is 72.9. The van der Waals surface area contributed by atoms with Crippen molar-refractivity contribution in [1.29, 1.82) is 0 Å². The predicted octanol–water partition coefficient (Wildman–Crippen LogP) is 22.2. The van der Waals surface area contributed by atoms with Crippen molar-refractivity contribution in [2.24, 2.45) is 0 Å². The molecule has 0 rings (SSSR count). The Morgan fingerprint density at radius 3 is 0.847 bits per heavy atom. The number of hydrogen-bond acceptors (Lipinski definition) is 15. The quantitative estimate of drug-likeness (QED) is 0.0169. The molecule has 568 valence electrons. The van der Waals surface area contributed by atoms with E-state index >= 15 is 0 Å². The van der Waals surface area contributed by atoms with Crippen LogP contribution in [0.25, 0.3) is 0 Å². The highest BCUT2D eigenvalue weighted by molar-refractivity contribution is 7.47. The van der Waals surface area contributed by atoms with E-state index in [1.807, 2.05) is 12.2 Å². The van der Waals surface area contributed by atoms with E-state index in [9.17, 15) is 43.2 Å². The number of esters is 4. The number of ether oxygens (including phenoxy) is 4. The van der Waals surface area contributed by atoms with Gasteiger partial charge >= 0.3 is 39.5 Å². The Morgan fingerprint density at radius 1 is 0.286 bits per heavy atom. The Balaban J connectivity index is 5.40. The minimum Gasteiger partial charge on any atom is -0.462 e. The van der Waals surface area contributed by atoms with Crippen LogP contribution in [0.5, 0.6) is 0 Å². The number of allylic oxidation sites excluding steroid dienone is 14. The molecule has 2 unspecified atom stereocenters. The van der Waals surface area contributed by atoms with Gasteiger partial charge in [0, 0.05) is 25.7 Å². The molecule has 0 fully saturated rings. The third kappa shape index (κ3) is 70.7. The zero-order valence-corrected chi connectivity index (χ0v) is 63.7. The molecule has 98 heavy (non-hydrogen) atoms. The van der Waals surface area contributed by atoms with E-state index in [1.165, 1.54) is 109 Å². The molecule has 0 aliphatic carbocycles. The van der Waals surface area contributed by atoms with Crippen molar-refractivity contribution in [3.63, 3.8) is 0 Å². The van der Waals surface area contributed by atoms with Crippen LogP contribution in [0.4, 0.5) is 0 Å². The van der Waals surface area contributed by atoms with Crippen molar-refractivity contribution in [2.45, 2.75) is 354 Å². The highest BCUT2D eigenvalue weighted by Gasteiger charge is 2.30. The molecule has 0 amide bonds. The molecule has 19 heteroatoms. The number of carbonyl (C=O) groups is 4. The Hall–Kier alpha value is -3.76. The second kappa shape index (κ2) is 71.6. The minimum atomic E-state index is -4.99. The first-order valence-electron chi connectivity index (χ1n) is 38.8. The molecule has 0 aromatic rings. The molecular formula is C79H140O17P2. The summed E-state index contributed by atoms with van der Waals surface area (Å²) in [5, 5.41) is 10.6. The molecule has 0 heterocycles. The molecule has 0 bridgehead atoms. The van der Waals surface area contributed by atoms with Crippen molar-refractivity contribution in [3.05, 3.63) is 85.1 Å². The van der Waals surface area contributed by atoms with Gasteiger partial charge in [0.25, 0.3) is 0 Å². The minimum absolute atomic E-state index is 0.0187. The van der Waals surface area contributed by atoms with Gasteiger partial charge in [-0.05, 0) is 141 Å². The molecule has 0 aromatic carbocycles. The fourth-order valence-corrected chi connectivity index (χ4v) is 11.9. The van der Waals surface area contributed by atoms with Crippen LogP contribution in [0.3, 0.4) is 0 Å². The van der Waals surface area contributed by atoms with Gasteiger partial charge < -0.3 is 33.8 Å². The molecule has 0 radical (unpaired) electrons. The van der Waals surface area contributed by atoms with Crippen LogP contribution in [-0.4, -0.2) is 96.7 Å². The van der Waals surface area contributed by atoms with Crippen LogP contribution >= 0.6 is 15.6 Å². The highest BCUT2D eigenvalue weighted by atomic mass is 31.2. The molecule has 17 nitrogen and oxygen atoms in total. The summed E-state index contributed by atoms with van der Waals surface area (Å²) < 4.78 is 68.4. The van der Waals surface area contributed by atoms with Crippen molar-refractivity contribution in [3.8, 4) is 0 Å². The Labute approximate surface area is 595 Å². The van der Waals surface area contributed by atoms with Crippen molar-refractivity contribution >= 4 is 39.5 Å². The summed E-state index contributed by atoms with van der Waals surface area (Å²) in [6.45, 7) is 4.75. The standard InChI is InChI=1S/C79H140O17P2/c1-5-9-13-17-21-25-29-33-35-36-38-42-46-50-54-58-62-66-79(84)96-75(70-90-77(82)64-60-56-52-48-44-41-37-34-30-26-22-18-14-10-6-2)72-94-98(87,88)92-68-73(80)67-91-97(85,86)93-71-74(95-78(83)65-61-57-53-49-45-40-32-28-24-20-16-12-8-4)69-89-76(81)63-59-55-51-47-43-39-31-27-23-19-15-11-7-3/h21,25,27-28,31-35,37-38,42,50,54,73-75,80H,5-20,22-24,26,29-30,36,39-41,43-49,51-53,55-72H2,1-4H3,(H,85,86)(H,87,88)/b25-21-,31-27-,32-28-,35-33-,37-34-,42-38-,54-50-/t73-,74-,75-/m1/s1. The molecule has 0 aliphatic heterocycles. The van der Waals surface area contributed by atoms with Crippen LogP contribution in [-0.2, 0) is 65.4 Å². The fraction of sp³-hybridized carbons (Fsp3) is 0.772. The maximum Gasteiger partial charge on any atom is 0.472 e. The zero-order chi connectivity index (χ0) is 71.8. The lowest BCUT2D eigenvalue weighted by molar-refractivity contribution is -0.161. The summed E-state index contributed by atoms with van der Waals surface area (Å²) in [6, 6.07) is 0. The van der Waals surface area contributed by atoms with E-state index in [4.69, 9.17) is 37.0 Å². The lowest BCUT2D eigenvalue weighted by Crippen LogP contribution is -2.30. The molecular weight excluding hydrogens is 1280 g/mol. The average Bonchev–Trinajstić information content (AvgIpc) is 1.02. The van der Waals surface area contributed by atoms with E-state index in [0.29, 0.717) is 32.1 Å². The monoisotopic (exact) mass is 1420 g/mol. The molecule has 0 aromatic heterocycles. The zero-order valence-electron chi connectivity index (χ0n) is 62.0. The van der Waals surface area contributed by atoms with Gasteiger partial charge in [0.05, 0.1) is 26.4 Å². The number of aliphatic hydroxyl groups is 1. The lowest BCUT2D eigenvalue weighted by Gasteiger charge is -2.21. The number of aliphatic hydroxyl groups excluding tert-OH is 1. The van der Waals surface area contributed by atoms with E-state index in [-0.39, 0.29) is 25.7 Å². The van der Waals surface area contributed by atoms with Crippen LogP contribution in [0.2, 0.25) is 0 Å². The van der Waals surface area contributed by atoms with Crippen molar-refractivity contribution in [2.75, 3.05) is 39.6 Å². The van der Waals surface area contributed by atoms with Crippen LogP contribution in [0, 0.1) is 0 Å². The normalized spacial score (nSPS) is 14.4. The van der Waals surface area contributed by atoms with Gasteiger partial charge in [-0.25, -0.2) is 9.13 Å². The van der Waals surface area contributed by atoms with Gasteiger partial charge in [0.2, 0.25) is 0 Å². The summed E-state index contributed by atoms with van der Waals surface area (Å²) in [5.74, 6) is -2.25. The third-order valence-electron chi connectivity index (χ3n) is 16.3. The third-order valence-corrected chi connectivity index (χ3v) is 18.2. The molecule has 0 spiro atoms. The summed E-state index contributed by atoms with van der Waals surface area (Å²) >= 11 is 0. The largest absolute Gasteiger partial charge is 0.472 e. The molecule has 0 saturated heterocycles. The maximum absolute atomic E-state index is 13.1. The van der Waals surface area contributed by atoms with E-state index < -0.39 is 97.5 Å². The average molecular weight is 1420 g/mol. The van der Waals surface area contributed by atoms with Gasteiger partial charge in [-0.15, -0.1) is 0 Å². The topological polar surface area (TPSA) is 237 Å². The first kappa shape index (κ1) is 94.2. The molecule has 0 aliphatic rings. The van der Waals surface area contributed by atoms with Gasteiger partial charge in [0.15, 0.2) is 12.2 Å². The van der Waals surface area contributed by atoms with Gasteiger partial charge in [0.1, 0.15) is 19.3 Å². The van der Waals surface area contributed by atoms with E-state index in [1.54, 1.807) is 0 Å². The maximum atomic E-state index is 13.1. The second-order valence-corrected chi connectivity index (χ2v) is 28.8. The highest BCUT2D eigenvalue weighted by Crippen LogP contribution is 2.45. The molecule has 0 saturated carbocycles. The number of phosphoric ester groups is 2. The second-order valence-electron chi connectivity index (χ2n) is 25.9. The Bertz CT molecular complexity index is 2190. The van der Waals surface area contributed by atoms with Gasteiger partial charge in [-0.1, -0.05) is 254 Å². The van der Waals surface area contributed by atoms with Crippen molar-refractivity contribution < 1.29 is 80.2 Å². The van der Waals surface area contributed by atoms with Crippen molar-refractivity contribution in [1.82, 2.24) is 0 Å². The number of hydrogen-bond donors (Lipinski definition) is 3. The van der Waals surface area contributed by atoms with E-state index in [0.717, 1.165) is 141 Å². The number of carbonyl (C=O) groups excluding carboxylic acids is 4. The first-order chi connectivity index (χ1) is 47.7. The smallest absolute Gasteiger partial charge is 0.462 e. The van der Waals surface area contributed by atoms with Gasteiger partial charge in [-0.3, -0.25) is 37.3 Å². The molecule has 3 N–H and O–H groups in total. The Kier molecular flexibility index (Phi) is 68.9. The van der Waals surface area contributed by atoms with Crippen LogP contribution < -0.4 is 0 Å².